The number of nitrogens with one attached hydrogen (secondary N) is 2. The second-order valence-corrected chi connectivity index (χ2v) is 5.40. The third-order valence-corrected chi connectivity index (χ3v) is 3.94. The van der Waals surface area contributed by atoms with Gasteiger partial charge in [0, 0.05) is 57.9 Å². The van der Waals surface area contributed by atoms with E-state index in [1.165, 1.54) is 5.56 Å². The number of aromatic nitrogens is 3. The summed E-state index contributed by atoms with van der Waals surface area (Å²) in [5, 5.41) is 6.23. The lowest BCUT2D eigenvalue weighted by molar-refractivity contribution is -0.0347. The van der Waals surface area contributed by atoms with Gasteiger partial charge in [-0.1, -0.05) is 6.07 Å². The highest BCUT2D eigenvalue weighted by Gasteiger charge is 2.26. The smallest absolute Gasteiger partial charge is 0.150 e. The van der Waals surface area contributed by atoms with Crippen LogP contribution in [0, 0.1) is 0 Å². The van der Waals surface area contributed by atoms with Crippen LogP contribution in [0.2, 0.25) is 0 Å². The Balaban J connectivity index is 1.73. The summed E-state index contributed by atoms with van der Waals surface area (Å²) < 4.78 is 5.92. The maximum absolute atomic E-state index is 5.92. The molecule has 3 rings (SSSR count). The fraction of sp³-hybridized carbons (Fsp3) is 0.438. The van der Waals surface area contributed by atoms with E-state index in [4.69, 9.17) is 4.74 Å². The Bertz CT molecular complexity index is 650. The van der Waals surface area contributed by atoms with Gasteiger partial charge < -0.3 is 15.4 Å². The van der Waals surface area contributed by atoms with E-state index in [1.807, 2.05) is 20.2 Å². The molecule has 1 atom stereocenters. The Morgan fingerprint density at radius 2 is 1.91 bits per heavy atom. The maximum Gasteiger partial charge on any atom is 0.150 e. The quantitative estimate of drug-likeness (QED) is 0.867. The van der Waals surface area contributed by atoms with Gasteiger partial charge in [-0.25, -0.2) is 9.97 Å². The molecule has 1 saturated heterocycles. The van der Waals surface area contributed by atoms with Crippen molar-refractivity contribution in [1.82, 2.24) is 19.9 Å². The number of hydrogen-bond donors (Lipinski definition) is 2. The standard InChI is InChI=1S/C16H22N6O/c1-17-15-12(4-3-5-20-15)10-22-8-9-23-13(11-22)14-16(18-2)21-7-6-19-14/h3-7,13H,8-11H2,1-2H3,(H,17,20)(H,18,21)/t13-/m0/s1. The average molecular weight is 314 g/mol. The van der Waals surface area contributed by atoms with Crippen LogP contribution in [-0.4, -0.2) is 53.6 Å². The number of rotatable bonds is 5. The number of hydrogen-bond acceptors (Lipinski definition) is 7. The first-order chi connectivity index (χ1) is 11.3. The minimum atomic E-state index is -0.0744. The molecule has 0 saturated carbocycles. The second-order valence-electron chi connectivity index (χ2n) is 5.40. The van der Waals surface area contributed by atoms with Crippen molar-refractivity contribution in [3.05, 3.63) is 42.0 Å². The van der Waals surface area contributed by atoms with Gasteiger partial charge in [0.15, 0.2) is 0 Å². The van der Waals surface area contributed by atoms with Crippen molar-refractivity contribution in [3.8, 4) is 0 Å². The fourth-order valence-corrected chi connectivity index (χ4v) is 2.82. The molecule has 0 unspecified atom stereocenters. The predicted octanol–water partition coefficient (Wildman–Crippen LogP) is 1.53. The van der Waals surface area contributed by atoms with E-state index in [-0.39, 0.29) is 6.10 Å². The van der Waals surface area contributed by atoms with E-state index < -0.39 is 0 Å². The monoisotopic (exact) mass is 314 g/mol. The molecule has 7 heteroatoms. The minimum Gasteiger partial charge on any atom is -0.373 e. The lowest BCUT2D eigenvalue weighted by Gasteiger charge is -2.33. The first-order valence-electron chi connectivity index (χ1n) is 7.76. The molecule has 23 heavy (non-hydrogen) atoms. The van der Waals surface area contributed by atoms with Crippen LogP contribution in [0.1, 0.15) is 17.4 Å². The van der Waals surface area contributed by atoms with E-state index in [2.05, 4.69) is 36.6 Å². The second kappa shape index (κ2) is 7.34. The van der Waals surface area contributed by atoms with Crippen LogP contribution in [-0.2, 0) is 11.3 Å². The molecule has 0 aromatic carbocycles. The largest absolute Gasteiger partial charge is 0.373 e. The molecule has 2 aromatic rings. The van der Waals surface area contributed by atoms with Crippen molar-refractivity contribution in [2.75, 3.05) is 44.4 Å². The first kappa shape index (κ1) is 15.6. The van der Waals surface area contributed by atoms with Crippen molar-refractivity contribution in [2.45, 2.75) is 12.6 Å². The van der Waals surface area contributed by atoms with Gasteiger partial charge in [0.05, 0.1) is 6.61 Å². The number of ether oxygens (including phenoxy) is 1. The lowest BCUT2D eigenvalue weighted by atomic mass is 10.1. The summed E-state index contributed by atoms with van der Waals surface area (Å²) in [4.78, 5) is 15.5. The Morgan fingerprint density at radius 3 is 2.74 bits per heavy atom. The van der Waals surface area contributed by atoms with Crippen molar-refractivity contribution < 1.29 is 4.74 Å². The molecule has 0 aliphatic carbocycles. The summed E-state index contributed by atoms with van der Waals surface area (Å²) in [5.41, 5.74) is 2.04. The Kier molecular flexibility index (Phi) is 4.99. The van der Waals surface area contributed by atoms with E-state index >= 15 is 0 Å². The molecule has 3 heterocycles. The molecule has 2 aromatic heterocycles. The molecule has 0 amide bonds. The Hall–Kier alpha value is -2.25. The zero-order valence-electron chi connectivity index (χ0n) is 13.5. The molecule has 0 spiro atoms. The summed E-state index contributed by atoms with van der Waals surface area (Å²) in [6, 6.07) is 4.07. The average Bonchev–Trinajstić information content (AvgIpc) is 2.62. The van der Waals surface area contributed by atoms with Gasteiger partial charge in [-0.2, -0.15) is 0 Å². The van der Waals surface area contributed by atoms with Crippen LogP contribution >= 0.6 is 0 Å². The predicted molar refractivity (Wildman–Crippen MR) is 89.3 cm³/mol. The Morgan fingerprint density at radius 1 is 1.13 bits per heavy atom. The highest BCUT2D eigenvalue weighted by Crippen LogP contribution is 2.26. The zero-order valence-corrected chi connectivity index (χ0v) is 13.5. The SMILES string of the molecule is CNc1ncccc1CN1CCO[C@H](c2nccnc2NC)C1. The van der Waals surface area contributed by atoms with Crippen LogP contribution in [0.5, 0.6) is 0 Å². The number of anilines is 2. The van der Waals surface area contributed by atoms with Crippen molar-refractivity contribution in [3.63, 3.8) is 0 Å². The molecule has 0 radical (unpaired) electrons. The van der Waals surface area contributed by atoms with Gasteiger partial charge in [0.25, 0.3) is 0 Å². The topological polar surface area (TPSA) is 75.2 Å². The number of pyridine rings is 1. The van der Waals surface area contributed by atoms with Gasteiger partial charge in [-0.15, -0.1) is 0 Å². The molecule has 2 N–H and O–H groups in total. The van der Waals surface area contributed by atoms with Crippen molar-refractivity contribution in [2.24, 2.45) is 0 Å². The third kappa shape index (κ3) is 3.57. The molecule has 1 aliphatic rings. The van der Waals surface area contributed by atoms with Crippen LogP contribution < -0.4 is 10.6 Å². The summed E-state index contributed by atoms with van der Waals surface area (Å²) >= 11 is 0. The lowest BCUT2D eigenvalue weighted by Crippen LogP contribution is -2.38. The van der Waals surface area contributed by atoms with Gasteiger partial charge in [0.2, 0.25) is 0 Å². The van der Waals surface area contributed by atoms with Crippen LogP contribution in [0.4, 0.5) is 11.6 Å². The van der Waals surface area contributed by atoms with Crippen molar-refractivity contribution in [1.29, 1.82) is 0 Å². The molecule has 1 aliphatic heterocycles. The number of morpholine rings is 1. The van der Waals surface area contributed by atoms with Gasteiger partial charge in [0.1, 0.15) is 23.4 Å². The summed E-state index contributed by atoms with van der Waals surface area (Å²) in [7, 11) is 3.75. The number of nitrogens with zero attached hydrogens (tertiary/aromatic N) is 4. The normalized spacial score (nSPS) is 18.6. The zero-order chi connectivity index (χ0) is 16.1. The van der Waals surface area contributed by atoms with E-state index in [1.54, 1.807) is 18.6 Å². The maximum atomic E-state index is 5.92. The fourth-order valence-electron chi connectivity index (χ4n) is 2.82. The van der Waals surface area contributed by atoms with Crippen LogP contribution in [0.3, 0.4) is 0 Å². The molecular weight excluding hydrogens is 292 g/mol. The summed E-state index contributed by atoms with van der Waals surface area (Å²) in [5.74, 6) is 1.70. The molecule has 122 valence electrons. The molecule has 7 nitrogen and oxygen atoms in total. The Labute approximate surface area is 136 Å². The third-order valence-electron chi connectivity index (χ3n) is 3.94. The minimum absolute atomic E-state index is 0.0744. The highest BCUT2D eigenvalue weighted by atomic mass is 16.5. The van der Waals surface area contributed by atoms with Crippen LogP contribution in [0.25, 0.3) is 0 Å². The van der Waals surface area contributed by atoms with E-state index in [9.17, 15) is 0 Å². The van der Waals surface area contributed by atoms with Crippen LogP contribution in [0.15, 0.2) is 30.7 Å². The van der Waals surface area contributed by atoms with Crippen molar-refractivity contribution >= 4 is 11.6 Å². The summed E-state index contributed by atoms with van der Waals surface area (Å²) in [6.07, 6.45) is 5.12. The van der Waals surface area contributed by atoms with Gasteiger partial charge >= 0.3 is 0 Å². The van der Waals surface area contributed by atoms with Gasteiger partial charge in [-0.3, -0.25) is 9.88 Å². The molecule has 1 fully saturated rings. The summed E-state index contributed by atoms with van der Waals surface area (Å²) in [6.45, 7) is 3.19. The molecular formula is C16H22N6O. The first-order valence-corrected chi connectivity index (χ1v) is 7.76. The van der Waals surface area contributed by atoms with E-state index in [0.717, 1.165) is 37.0 Å². The van der Waals surface area contributed by atoms with E-state index in [0.29, 0.717) is 6.61 Å². The van der Waals surface area contributed by atoms with Gasteiger partial charge in [-0.05, 0) is 6.07 Å². The molecule has 0 bridgehead atoms. The highest BCUT2D eigenvalue weighted by molar-refractivity contribution is 5.43.